The number of aliphatic hydroxyl groups excluding tert-OH is 1. The monoisotopic (exact) mass is 456 g/mol. The number of morpholine rings is 1. The Bertz CT molecular complexity index is 747. The highest BCUT2D eigenvalue weighted by atomic mass is 35.5. The summed E-state index contributed by atoms with van der Waals surface area (Å²) in [4.78, 5) is 17.3. The number of nitrogens with two attached hydrogens (primary N) is 1. The molecule has 0 unspecified atom stereocenters. The van der Waals surface area contributed by atoms with Gasteiger partial charge in [0.1, 0.15) is 5.75 Å². The minimum atomic E-state index is -0.442. The highest BCUT2D eigenvalue weighted by Gasteiger charge is 2.32. The molecule has 1 aromatic rings. The van der Waals surface area contributed by atoms with Crippen molar-refractivity contribution in [1.29, 1.82) is 0 Å². The number of methoxy groups -OCH3 is 2. The Morgan fingerprint density at radius 1 is 1.29 bits per heavy atom. The van der Waals surface area contributed by atoms with Crippen molar-refractivity contribution >= 4 is 23.2 Å². The maximum atomic E-state index is 12.9. The fourth-order valence-electron chi connectivity index (χ4n) is 4.15. The van der Waals surface area contributed by atoms with Gasteiger partial charge in [0.25, 0.3) is 5.91 Å². The maximum Gasteiger partial charge on any atom is 0.255 e. The van der Waals surface area contributed by atoms with E-state index in [0.717, 1.165) is 19.6 Å². The summed E-state index contributed by atoms with van der Waals surface area (Å²) in [5.74, 6) is 0.0867. The van der Waals surface area contributed by atoms with E-state index in [0.29, 0.717) is 61.3 Å². The molecule has 2 saturated heterocycles. The van der Waals surface area contributed by atoms with E-state index in [2.05, 4.69) is 15.1 Å². The Labute approximate surface area is 188 Å². The molecule has 3 rings (SSSR count). The van der Waals surface area contributed by atoms with Crippen LogP contribution in [0.4, 0.5) is 5.69 Å². The molecular weight excluding hydrogens is 424 g/mol. The first-order chi connectivity index (χ1) is 14.9. The molecule has 1 aromatic carbocycles. The van der Waals surface area contributed by atoms with Gasteiger partial charge in [0.05, 0.1) is 54.8 Å². The lowest BCUT2D eigenvalue weighted by atomic mass is 10.00. The molecule has 2 aliphatic heterocycles. The number of carbonyl (C=O) groups excluding carboxylic acids is 1. The standard InChI is InChI=1S/C21H33ClN4O5/c1-29-19-10-17(23)16(22)9-15(19)21(28)24-18-3-4-26(13-20(18)30-2)12-14(27)11-25-5-7-31-8-6-25/h9-10,14,18,20,27H,3-8,11-13,23H2,1-2H3,(H,24,28)/t14-,18+,20-/m0/s1. The molecule has 3 atom stereocenters. The van der Waals surface area contributed by atoms with Gasteiger partial charge in [0, 0.05) is 52.4 Å². The number of benzene rings is 1. The number of anilines is 1. The van der Waals surface area contributed by atoms with Crippen LogP contribution in [0.3, 0.4) is 0 Å². The van der Waals surface area contributed by atoms with Crippen LogP contribution < -0.4 is 15.8 Å². The zero-order valence-electron chi connectivity index (χ0n) is 18.2. The number of amides is 1. The van der Waals surface area contributed by atoms with Crippen LogP contribution in [0.15, 0.2) is 12.1 Å². The summed E-state index contributed by atoms with van der Waals surface area (Å²) < 4.78 is 16.3. The van der Waals surface area contributed by atoms with Crippen molar-refractivity contribution in [3.8, 4) is 5.75 Å². The summed E-state index contributed by atoms with van der Waals surface area (Å²) in [6, 6.07) is 2.90. The second kappa shape index (κ2) is 11.3. The molecule has 10 heteroatoms. The first kappa shape index (κ1) is 24.0. The number of β-amino-alcohol motifs (C(OH)–C–C–N with tert-alkyl or cyclic N) is 1. The number of hydrogen-bond acceptors (Lipinski definition) is 8. The third kappa shape index (κ3) is 6.44. The Morgan fingerprint density at radius 2 is 2.00 bits per heavy atom. The molecule has 9 nitrogen and oxygen atoms in total. The molecule has 0 radical (unpaired) electrons. The Hall–Kier alpha value is -1.62. The zero-order chi connectivity index (χ0) is 22.4. The lowest BCUT2D eigenvalue weighted by Crippen LogP contribution is -2.56. The minimum absolute atomic E-state index is 0.161. The summed E-state index contributed by atoms with van der Waals surface area (Å²) in [6.07, 6.45) is 0.0750. The number of nitrogens with zero attached hydrogens (tertiary/aromatic N) is 2. The van der Waals surface area contributed by atoms with Crippen LogP contribution in [0.25, 0.3) is 0 Å². The van der Waals surface area contributed by atoms with E-state index in [1.165, 1.54) is 13.2 Å². The van der Waals surface area contributed by atoms with E-state index in [9.17, 15) is 9.90 Å². The van der Waals surface area contributed by atoms with Crippen LogP contribution in [0.2, 0.25) is 5.02 Å². The third-order valence-corrected chi connectivity index (χ3v) is 6.19. The zero-order valence-corrected chi connectivity index (χ0v) is 18.9. The molecule has 0 aromatic heterocycles. The molecule has 2 aliphatic rings. The van der Waals surface area contributed by atoms with Crippen molar-refractivity contribution in [2.75, 3.05) is 72.4 Å². The first-order valence-corrected chi connectivity index (χ1v) is 11.0. The average molecular weight is 457 g/mol. The SMILES string of the molecule is COc1cc(N)c(Cl)cc1C(=O)N[C@@H]1CCN(C[C@@H](O)CN2CCOCC2)C[C@@H]1OC. The highest BCUT2D eigenvalue weighted by molar-refractivity contribution is 6.33. The summed E-state index contributed by atoms with van der Waals surface area (Å²) in [7, 11) is 3.12. The van der Waals surface area contributed by atoms with Crippen LogP contribution in [0.5, 0.6) is 5.75 Å². The minimum Gasteiger partial charge on any atom is -0.496 e. The molecule has 2 heterocycles. The molecule has 0 spiro atoms. The summed E-state index contributed by atoms with van der Waals surface area (Å²) in [5, 5.41) is 13.9. The van der Waals surface area contributed by atoms with E-state index in [-0.39, 0.29) is 18.1 Å². The molecule has 174 valence electrons. The van der Waals surface area contributed by atoms with Crippen molar-refractivity contribution in [3.05, 3.63) is 22.7 Å². The topological polar surface area (TPSA) is 110 Å². The Balaban J connectivity index is 1.55. The fourth-order valence-corrected chi connectivity index (χ4v) is 4.31. The number of ether oxygens (including phenoxy) is 3. The van der Waals surface area contributed by atoms with E-state index in [1.807, 2.05) is 0 Å². The first-order valence-electron chi connectivity index (χ1n) is 10.6. The van der Waals surface area contributed by atoms with Crippen molar-refractivity contribution in [3.63, 3.8) is 0 Å². The number of piperidine rings is 1. The molecular formula is C21H33ClN4O5. The van der Waals surface area contributed by atoms with Crippen LogP contribution in [0.1, 0.15) is 16.8 Å². The molecule has 1 amide bonds. The van der Waals surface area contributed by atoms with E-state index in [4.69, 9.17) is 31.5 Å². The molecule has 0 bridgehead atoms. The van der Waals surface area contributed by atoms with Crippen LogP contribution in [-0.2, 0) is 9.47 Å². The molecule has 0 aliphatic carbocycles. The maximum absolute atomic E-state index is 12.9. The molecule has 2 fully saturated rings. The summed E-state index contributed by atoms with van der Waals surface area (Å²) >= 11 is 6.10. The fraction of sp³-hybridized carbons (Fsp3) is 0.667. The predicted molar refractivity (Wildman–Crippen MR) is 119 cm³/mol. The third-order valence-electron chi connectivity index (χ3n) is 5.87. The van der Waals surface area contributed by atoms with E-state index < -0.39 is 6.10 Å². The number of nitrogen functional groups attached to an aromatic ring is 1. The van der Waals surface area contributed by atoms with Crippen molar-refractivity contribution < 1.29 is 24.1 Å². The number of hydrogen-bond donors (Lipinski definition) is 3. The van der Waals surface area contributed by atoms with E-state index in [1.54, 1.807) is 13.2 Å². The van der Waals surface area contributed by atoms with Crippen LogP contribution >= 0.6 is 11.6 Å². The highest BCUT2D eigenvalue weighted by Crippen LogP contribution is 2.29. The van der Waals surface area contributed by atoms with Gasteiger partial charge in [-0.05, 0) is 12.5 Å². The van der Waals surface area contributed by atoms with Crippen LogP contribution in [-0.4, -0.2) is 106 Å². The molecule has 4 N–H and O–H groups in total. The quantitative estimate of drug-likeness (QED) is 0.483. The van der Waals surface area contributed by atoms with E-state index >= 15 is 0 Å². The number of rotatable bonds is 8. The molecule has 31 heavy (non-hydrogen) atoms. The van der Waals surface area contributed by atoms with Gasteiger partial charge in [-0.25, -0.2) is 0 Å². The normalized spacial score (nSPS) is 24.0. The second-order valence-electron chi connectivity index (χ2n) is 8.04. The van der Waals surface area contributed by atoms with Gasteiger partial charge in [-0.3, -0.25) is 14.6 Å². The van der Waals surface area contributed by atoms with Gasteiger partial charge in [-0.2, -0.15) is 0 Å². The van der Waals surface area contributed by atoms with Crippen molar-refractivity contribution in [2.45, 2.75) is 24.7 Å². The van der Waals surface area contributed by atoms with Gasteiger partial charge in [-0.15, -0.1) is 0 Å². The Morgan fingerprint density at radius 3 is 2.68 bits per heavy atom. The van der Waals surface area contributed by atoms with Gasteiger partial charge >= 0.3 is 0 Å². The number of aliphatic hydroxyl groups is 1. The van der Waals surface area contributed by atoms with Crippen molar-refractivity contribution in [1.82, 2.24) is 15.1 Å². The largest absolute Gasteiger partial charge is 0.496 e. The lowest BCUT2D eigenvalue weighted by Gasteiger charge is -2.39. The van der Waals surface area contributed by atoms with Gasteiger partial charge < -0.3 is 30.4 Å². The molecule has 0 saturated carbocycles. The number of halogens is 1. The second-order valence-corrected chi connectivity index (χ2v) is 8.45. The average Bonchev–Trinajstić information content (AvgIpc) is 2.76. The van der Waals surface area contributed by atoms with Gasteiger partial charge in [0.2, 0.25) is 0 Å². The lowest BCUT2D eigenvalue weighted by molar-refractivity contribution is -0.0209. The van der Waals surface area contributed by atoms with Crippen LogP contribution in [0, 0.1) is 0 Å². The number of nitrogens with one attached hydrogen (secondary N) is 1. The smallest absolute Gasteiger partial charge is 0.255 e. The van der Waals surface area contributed by atoms with Crippen molar-refractivity contribution in [2.24, 2.45) is 0 Å². The van der Waals surface area contributed by atoms with Gasteiger partial charge in [-0.1, -0.05) is 11.6 Å². The van der Waals surface area contributed by atoms with Gasteiger partial charge in [0.15, 0.2) is 0 Å². The number of likely N-dealkylation sites (tertiary alicyclic amines) is 1. The number of carbonyl (C=O) groups is 1. The summed E-state index contributed by atoms with van der Waals surface area (Å²) in [6.45, 7) is 5.72. The summed E-state index contributed by atoms with van der Waals surface area (Å²) in [5.41, 5.74) is 6.50. The Kier molecular flexibility index (Phi) is 8.76. The predicted octanol–water partition coefficient (Wildman–Crippen LogP) is 0.443.